The summed E-state index contributed by atoms with van der Waals surface area (Å²) in [6.07, 6.45) is 5.03. The number of nitrogens with two attached hydrogens (primary N) is 1. The first-order chi connectivity index (χ1) is 5.85. The van der Waals surface area contributed by atoms with Crippen LogP contribution in [-0.2, 0) is 4.79 Å². The van der Waals surface area contributed by atoms with E-state index < -0.39 is 0 Å². The second-order valence-electron chi connectivity index (χ2n) is 2.98. The van der Waals surface area contributed by atoms with Crippen molar-refractivity contribution in [2.24, 2.45) is 5.73 Å². The highest BCUT2D eigenvalue weighted by molar-refractivity contribution is 5.57. The summed E-state index contributed by atoms with van der Waals surface area (Å²) in [5.74, 6) is 0. The zero-order valence-electron chi connectivity index (χ0n) is 7.88. The van der Waals surface area contributed by atoms with Gasteiger partial charge in [0.05, 0.1) is 6.04 Å². The number of hydrogen-bond donors (Lipinski definition) is 2. The zero-order chi connectivity index (χ0) is 9.23. The molecule has 3 nitrogen and oxygen atoms in total. The van der Waals surface area contributed by atoms with Crippen molar-refractivity contribution in [3.63, 3.8) is 0 Å². The molecular weight excluding hydrogens is 152 g/mol. The van der Waals surface area contributed by atoms with Crippen molar-refractivity contribution in [2.75, 3.05) is 13.1 Å². The summed E-state index contributed by atoms with van der Waals surface area (Å²) in [7, 11) is 0. The fourth-order valence-corrected chi connectivity index (χ4v) is 1.06. The third-order valence-corrected chi connectivity index (χ3v) is 1.79. The smallest absolute Gasteiger partial charge is 0.136 e. The van der Waals surface area contributed by atoms with Crippen molar-refractivity contribution in [1.82, 2.24) is 5.32 Å². The number of aldehydes is 1. The molecule has 0 fully saturated rings. The van der Waals surface area contributed by atoms with Gasteiger partial charge in [0.15, 0.2) is 0 Å². The average molecular weight is 172 g/mol. The Hall–Kier alpha value is -0.410. The molecule has 0 aliphatic heterocycles. The molecule has 0 saturated carbocycles. The summed E-state index contributed by atoms with van der Waals surface area (Å²) in [5, 5.41) is 3.17. The molecule has 0 saturated heterocycles. The molecule has 0 amide bonds. The van der Waals surface area contributed by atoms with Gasteiger partial charge in [0.2, 0.25) is 0 Å². The lowest BCUT2D eigenvalue weighted by Crippen LogP contribution is -2.31. The maximum Gasteiger partial charge on any atom is 0.136 e. The fourth-order valence-electron chi connectivity index (χ4n) is 1.06. The van der Waals surface area contributed by atoms with Gasteiger partial charge in [-0.05, 0) is 32.4 Å². The Labute approximate surface area is 74.7 Å². The number of nitrogens with one attached hydrogen (secondary N) is 1. The molecule has 1 unspecified atom stereocenters. The van der Waals surface area contributed by atoms with Crippen LogP contribution in [0.4, 0.5) is 0 Å². The molecule has 0 radical (unpaired) electrons. The highest BCUT2D eigenvalue weighted by atomic mass is 16.1. The van der Waals surface area contributed by atoms with Crippen LogP contribution in [0.5, 0.6) is 0 Å². The van der Waals surface area contributed by atoms with Crippen molar-refractivity contribution in [3.05, 3.63) is 0 Å². The van der Waals surface area contributed by atoms with E-state index >= 15 is 0 Å². The van der Waals surface area contributed by atoms with Crippen molar-refractivity contribution >= 4 is 6.29 Å². The van der Waals surface area contributed by atoms with Crippen LogP contribution in [0.25, 0.3) is 0 Å². The van der Waals surface area contributed by atoms with Crippen LogP contribution in [-0.4, -0.2) is 25.4 Å². The van der Waals surface area contributed by atoms with Gasteiger partial charge in [0.1, 0.15) is 6.29 Å². The molecule has 0 bridgehead atoms. The van der Waals surface area contributed by atoms with Gasteiger partial charge in [-0.1, -0.05) is 13.3 Å². The van der Waals surface area contributed by atoms with Crippen LogP contribution in [0.2, 0.25) is 0 Å². The standard InChI is InChI=1S/C9H20N2O/c1-2-7-11-9(8-12)5-3-4-6-10/h8-9,11H,2-7,10H2,1H3. The number of unbranched alkanes of at least 4 members (excludes halogenated alkanes) is 1. The predicted octanol–water partition coefficient (Wildman–Crippen LogP) is 0.682. The summed E-state index contributed by atoms with van der Waals surface area (Å²) < 4.78 is 0. The quantitative estimate of drug-likeness (QED) is 0.418. The largest absolute Gasteiger partial charge is 0.330 e. The minimum Gasteiger partial charge on any atom is -0.330 e. The van der Waals surface area contributed by atoms with Crippen molar-refractivity contribution in [1.29, 1.82) is 0 Å². The topological polar surface area (TPSA) is 55.1 Å². The van der Waals surface area contributed by atoms with Gasteiger partial charge in [-0.15, -0.1) is 0 Å². The Kier molecular flexibility index (Phi) is 8.39. The monoisotopic (exact) mass is 172 g/mol. The number of rotatable bonds is 8. The van der Waals surface area contributed by atoms with Gasteiger partial charge < -0.3 is 15.8 Å². The molecule has 3 heteroatoms. The molecule has 0 aromatic rings. The minimum atomic E-state index is 0.0384. The first kappa shape index (κ1) is 11.6. The van der Waals surface area contributed by atoms with Gasteiger partial charge >= 0.3 is 0 Å². The highest BCUT2D eigenvalue weighted by Gasteiger charge is 2.03. The molecule has 0 aliphatic rings. The van der Waals surface area contributed by atoms with E-state index in [9.17, 15) is 4.79 Å². The summed E-state index contributed by atoms with van der Waals surface area (Å²) in [5.41, 5.74) is 5.35. The Balaban J connectivity index is 3.32. The van der Waals surface area contributed by atoms with E-state index in [1.165, 1.54) is 0 Å². The zero-order valence-corrected chi connectivity index (χ0v) is 7.88. The predicted molar refractivity (Wildman–Crippen MR) is 51.1 cm³/mol. The van der Waals surface area contributed by atoms with E-state index in [2.05, 4.69) is 12.2 Å². The average Bonchev–Trinajstić information content (AvgIpc) is 2.11. The van der Waals surface area contributed by atoms with Crippen molar-refractivity contribution in [3.8, 4) is 0 Å². The Bertz CT molecular complexity index is 107. The van der Waals surface area contributed by atoms with Crippen LogP contribution in [0, 0.1) is 0 Å². The summed E-state index contributed by atoms with van der Waals surface area (Å²) in [4.78, 5) is 10.5. The minimum absolute atomic E-state index is 0.0384. The third kappa shape index (κ3) is 6.31. The Morgan fingerprint density at radius 3 is 2.75 bits per heavy atom. The SMILES string of the molecule is CCCNC(C=O)CCCCN. The molecule has 12 heavy (non-hydrogen) atoms. The van der Waals surface area contributed by atoms with Crippen molar-refractivity contribution < 1.29 is 4.79 Å². The van der Waals surface area contributed by atoms with Crippen LogP contribution < -0.4 is 11.1 Å². The van der Waals surface area contributed by atoms with Crippen LogP contribution in [0.15, 0.2) is 0 Å². The molecule has 0 aromatic carbocycles. The first-order valence-electron chi connectivity index (χ1n) is 4.73. The third-order valence-electron chi connectivity index (χ3n) is 1.79. The van der Waals surface area contributed by atoms with Gasteiger partial charge in [0, 0.05) is 0 Å². The molecule has 1 atom stereocenters. The Morgan fingerprint density at radius 1 is 1.50 bits per heavy atom. The maximum atomic E-state index is 10.5. The van der Waals surface area contributed by atoms with E-state index in [0.717, 1.165) is 45.1 Å². The number of hydrogen-bond acceptors (Lipinski definition) is 3. The van der Waals surface area contributed by atoms with Gasteiger partial charge in [-0.25, -0.2) is 0 Å². The van der Waals surface area contributed by atoms with E-state index in [0.29, 0.717) is 0 Å². The van der Waals surface area contributed by atoms with E-state index in [1.54, 1.807) is 0 Å². The Morgan fingerprint density at radius 2 is 2.25 bits per heavy atom. The van der Waals surface area contributed by atoms with Crippen LogP contribution in [0.1, 0.15) is 32.6 Å². The molecule has 72 valence electrons. The second-order valence-corrected chi connectivity index (χ2v) is 2.98. The van der Waals surface area contributed by atoms with Crippen LogP contribution >= 0.6 is 0 Å². The van der Waals surface area contributed by atoms with Gasteiger partial charge in [-0.3, -0.25) is 0 Å². The molecule has 0 heterocycles. The van der Waals surface area contributed by atoms with Crippen LogP contribution in [0.3, 0.4) is 0 Å². The second kappa shape index (κ2) is 8.68. The molecule has 3 N–H and O–H groups in total. The van der Waals surface area contributed by atoms with Gasteiger partial charge in [0.25, 0.3) is 0 Å². The van der Waals surface area contributed by atoms with E-state index in [4.69, 9.17) is 5.73 Å². The molecule has 0 aromatic heterocycles. The lowest BCUT2D eigenvalue weighted by atomic mass is 10.1. The number of carbonyl (C=O) groups excluding carboxylic acids is 1. The first-order valence-corrected chi connectivity index (χ1v) is 4.73. The highest BCUT2D eigenvalue weighted by Crippen LogP contribution is 1.97. The summed E-state index contributed by atoms with van der Waals surface area (Å²) in [6, 6.07) is 0.0384. The molecular formula is C9H20N2O. The van der Waals surface area contributed by atoms with E-state index in [-0.39, 0.29) is 6.04 Å². The van der Waals surface area contributed by atoms with E-state index in [1.807, 2.05) is 0 Å². The maximum absolute atomic E-state index is 10.5. The van der Waals surface area contributed by atoms with Crippen molar-refractivity contribution in [2.45, 2.75) is 38.6 Å². The lowest BCUT2D eigenvalue weighted by molar-refractivity contribution is -0.109. The molecule has 0 rings (SSSR count). The number of carbonyl (C=O) groups is 1. The summed E-state index contributed by atoms with van der Waals surface area (Å²) in [6.45, 7) is 3.74. The summed E-state index contributed by atoms with van der Waals surface area (Å²) >= 11 is 0. The lowest BCUT2D eigenvalue weighted by Gasteiger charge is -2.10. The normalized spacial score (nSPS) is 12.8. The molecule has 0 spiro atoms. The molecule has 0 aliphatic carbocycles. The van der Waals surface area contributed by atoms with Gasteiger partial charge in [-0.2, -0.15) is 0 Å². The fraction of sp³-hybridized carbons (Fsp3) is 0.889.